The number of aromatic nitrogens is 2. The standard InChI is InChI=1S/C20H21F2N3O3/c1-13-4-7-18-23-15(9-19(26)25(18)10-13)12-24(2)11-14-5-6-16(28-20(21)22)17(8-14)27-3/h4-10,20H,11-12H2,1-3H3/p+1. The molecule has 0 amide bonds. The highest BCUT2D eigenvalue weighted by Crippen LogP contribution is 2.29. The fourth-order valence-electron chi connectivity index (χ4n) is 3.08. The van der Waals surface area contributed by atoms with Crippen LogP contribution in [0.4, 0.5) is 8.78 Å². The number of hydrogen-bond donors (Lipinski definition) is 1. The van der Waals surface area contributed by atoms with Gasteiger partial charge in [0, 0.05) is 17.8 Å². The topological polar surface area (TPSA) is 57.3 Å². The van der Waals surface area contributed by atoms with Crippen molar-refractivity contribution in [3.05, 3.63) is 69.8 Å². The minimum absolute atomic E-state index is 0.00147. The predicted octanol–water partition coefficient (Wildman–Crippen LogP) is 1.83. The number of pyridine rings is 1. The van der Waals surface area contributed by atoms with E-state index in [0.29, 0.717) is 24.4 Å². The molecule has 8 heteroatoms. The number of hydrogen-bond acceptors (Lipinski definition) is 4. The van der Waals surface area contributed by atoms with E-state index in [0.717, 1.165) is 16.0 Å². The van der Waals surface area contributed by atoms with Crippen molar-refractivity contribution in [3.8, 4) is 11.5 Å². The molecule has 148 valence electrons. The third kappa shape index (κ3) is 4.64. The van der Waals surface area contributed by atoms with Crippen molar-refractivity contribution in [1.82, 2.24) is 9.38 Å². The van der Waals surface area contributed by atoms with Crippen LogP contribution in [-0.4, -0.2) is 30.2 Å². The van der Waals surface area contributed by atoms with Crippen molar-refractivity contribution in [2.45, 2.75) is 26.6 Å². The van der Waals surface area contributed by atoms with E-state index in [-0.39, 0.29) is 17.1 Å². The Bertz CT molecular complexity index is 1040. The fourth-order valence-corrected chi connectivity index (χ4v) is 3.08. The Morgan fingerprint density at radius 3 is 2.64 bits per heavy atom. The van der Waals surface area contributed by atoms with Crippen LogP contribution in [0.3, 0.4) is 0 Å². The van der Waals surface area contributed by atoms with Crippen molar-refractivity contribution in [2.75, 3.05) is 14.2 Å². The maximum absolute atomic E-state index is 12.4. The molecule has 1 aromatic carbocycles. The lowest BCUT2D eigenvalue weighted by Crippen LogP contribution is -3.06. The van der Waals surface area contributed by atoms with Crippen LogP contribution in [0.5, 0.6) is 11.5 Å². The summed E-state index contributed by atoms with van der Waals surface area (Å²) in [6.45, 7) is 0.149. The van der Waals surface area contributed by atoms with Crippen LogP contribution >= 0.6 is 0 Å². The predicted molar refractivity (Wildman–Crippen MR) is 100 cm³/mol. The van der Waals surface area contributed by atoms with Gasteiger partial charge >= 0.3 is 6.61 Å². The highest BCUT2D eigenvalue weighted by Gasteiger charge is 2.14. The normalized spacial score (nSPS) is 12.4. The molecule has 0 aliphatic heterocycles. The maximum Gasteiger partial charge on any atom is 0.387 e. The van der Waals surface area contributed by atoms with Gasteiger partial charge in [0.15, 0.2) is 11.5 Å². The summed E-state index contributed by atoms with van der Waals surface area (Å²) in [6, 6.07) is 10.1. The number of alkyl halides is 2. The largest absolute Gasteiger partial charge is 0.493 e. The number of quaternary nitrogens is 1. The quantitative estimate of drug-likeness (QED) is 0.669. The first kappa shape index (κ1) is 19.8. The number of fused-ring (bicyclic) bond motifs is 1. The van der Waals surface area contributed by atoms with Crippen LogP contribution < -0.4 is 19.9 Å². The molecule has 0 spiro atoms. The van der Waals surface area contributed by atoms with Gasteiger partial charge < -0.3 is 14.4 Å². The van der Waals surface area contributed by atoms with E-state index < -0.39 is 6.61 Å². The third-order valence-corrected chi connectivity index (χ3v) is 4.29. The summed E-state index contributed by atoms with van der Waals surface area (Å²) in [5, 5.41) is 0. The van der Waals surface area contributed by atoms with Crippen molar-refractivity contribution >= 4 is 5.65 Å². The Morgan fingerprint density at radius 2 is 1.93 bits per heavy atom. The Balaban J connectivity index is 1.75. The summed E-state index contributed by atoms with van der Waals surface area (Å²) in [6.07, 6.45) is 1.76. The smallest absolute Gasteiger partial charge is 0.387 e. The molecule has 1 N–H and O–H groups in total. The minimum atomic E-state index is -2.91. The van der Waals surface area contributed by atoms with E-state index in [1.807, 2.05) is 26.1 Å². The van der Waals surface area contributed by atoms with Gasteiger partial charge in [0.2, 0.25) is 0 Å². The molecule has 0 aliphatic rings. The Labute approximate surface area is 161 Å². The van der Waals surface area contributed by atoms with Crippen LogP contribution in [0.2, 0.25) is 0 Å². The number of rotatable bonds is 7. The Kier molecular flexibility index (Phi) is 5.89. The lowest BCUT2D eigenvalue weighted by molar-refractivity contribution is -0.908. The summed E-state index contributed by atoms with van der Waals surface area (Å²) in [5.41, 5.74) is 3.06. The molecule has 0 bridgehead atoms. The van der Waals surface area contributed by atoms with E-state index in [2.05, 4.69) is 9.72 Å². The second kappa shape index (κ2) is 8.35. The van der Waals surface area contributed by atoms with Gasteiger partial charge in [-0.15, -0.1) is 0 Å². The molecule has 6 nitrogen and oxygen atoms in total. The fraction of sp³-hybridized carbons (Fsp3) is 0.300. The van der Waals surface area contributed by atoms with E-state index >= 15 is 0 Å². The molecule has 3 rings (SSSR count). The second-order valence-corrected chi connectivity index (χ2v) is 6.69. The third-order valence-electron chi connectivity index (χ3n) is 4.29. The average Bonchev–Trinajstić information content (AvgIpc) is 2.63. The monoisotopic (exact) mass is 390 g/mol. The average molecular weight is 390 g/mol. The highest BCUT2D eigenvalue weighted by molar-refractivity contribution is 5.43. The van der Waals surface area contributed by atoms with Crippen LogP contribution in [0, 0.1) is 6.92 Å². The van der Waals surface area contributed by atoms with Crippen molar-refractivity contribution in [3.63, 3.8) is 0 Å². The van der Waals surface area contributed by atoms with Gasteiger partial charge in [0.05, 0.1) is 14.2 Å². The van der Waals surface area contributed by atoms with Crippen LogP contribution in [0.25, 0.3) is 5.65 Å². The summed E-state index contributed by atoms with van der Waals surface area (Å²) in [7, 11) is 3.37. The number of aryl methyl sites for hydroxylation is 1. The molecule has 2 aromatic heterocycles. The zero-order valence-electron chi connectivity index (χ0n) is 15.9. The van der Waals surface area contributed by atoms with Gasteiger partial charge in [0.25, 0.3) is 5.56 Å². The summed E-state index contributed by atoms with van der Waals surface area (Å²) >= 11 is 0. The maximum atomic E-state index is 12.4. The van der Waals surface area contributed by atoms with Gasteiger partial charge in [-0.05, 0) is 36.8 Å². The number of methoxy groups -OCH3 is 1. The molecular formula is C20H22F2N3O3+. The Hall–Kier alpha value is -3.00. The zero-order valence-corrected chi connectivity index (χ0v) is 15.9. The highest BCUT2D eigenvalue weighted by atomic mass is 19.3. The second-order valence-electron chi connectivity index (χ2n) is 6.69. The molecule has 0 radical (unpaired) electrons. The lowest BCUT2D eigenvalue weighted by atomic mass is 10.2. The lowest BCUT2D eigenvalue weighted by Gasteiger charge is -2.16. The molecule has 0 aliphatic carbocycles. The van der Waals surface area contributed by atoms with Crippen molar-refractivity contribution in [2.24, 2.45) is 0 Å². The SMILES string of the molecule is COc1cc(C[NH+](C)Cc2cc(=O)n3cc(C)ccc3n2)ccc1OC(F)F. The van der Waals surface area contributed by atoms with Gasteiger partial charge in [-0.3, -0.25) is 9.20 Å². The molecule has 0 saturated carbocycles. The molecule has 0 saturated heterocycles. The number of halogens is 2. The van der Waals surface area contributed by atoms with Crippen LogP contribution in [-0.2, 0) is 13.1 Å². The Morgan fingerprint density at radius 1 is 1.14 bits per heavy atom. The summed E-state index contributed by atoms with van der Waals surface area (Å²) in [4.78, 5) is 18.0. The molecule has 3 aromatic rings. The zero-order chi connectivity index (χ0) is 20.3. The van der Waals surface area contributed by atoms with Gasteiger partial charge in [0.1, 0.15) is 24.4 Å². The minimum Gasteiger partial charge on any atom is -0.493 e. The molecule has 1 atom stereocenters. The summed E-state index contributed by atoms with van der Waals surface area (Å²) in [5.74, 6) is 0.251. The summed E-state index contributed by atoms with van der Waals surface area (Å²) < 4.78 is 36.0. The molecule has 0 fully saturated rings. The molecule has 1 unspecified atom stereocenters. The van der Waals surface area contributed by atoms with Gasteiger partial charge in [-0.1, -0.05) is 6.07 Å². The number of nitrogens with zero attached hydrogens (tertiary/aromatic N) is 2. The first-order valence-corrected chi connectivity index (χ1v) is 8.77. The van der Waals surface area contributed by atoms with Gasteiger partial charge in [-0.2, -0.15) is 8.78 Å². The van der Waals surface area contributed by atoms with Crippen molar-refractivity contribution in [1.29, 1.82) is 0 Å². The molecule has 28 heavy (non-hydrogen) atoms. The number of nitrogens with one attached hydrogen (secondary N) is 1. The van der Waals surface area contributed by atoms with E-state index in [1.165, 1.54) is 23.6 Å². The molecular weight excluding hydrogens is 368 g/mol. The number of benzene rings is 1. The van der Waals surface area contributed by atoms with Crippen LogP contribution in [0.15, 0.2) is 47.4 Å². The van der Waals surface area contributed by atoms with Crippen LogP contribution in [0.1, 0.15) is 16.8 Å². The first-order chi connectivity index (χ1) is 13.4. The van der Waals surface area contributed by atoms with Crippen molar-refractivity contribution < 1.29 is 23.2 Å². The van der Waals surface area contributed by atoms with E-state index in [4.69, 9.17) is 4.74 Å². The van der Waals surface area contributed by atoms with E-state index in [9.17, 15) is 13.6 Å². The van der Waals surface area contributed by atoms with E-state index in [1.54, 1.807) is 18.3 Å². The van der Waals surface area contributed by atoms with Gasteiger partial charge in [-0.25, -0.2) is 4.98 Å². The number of ether oxygens (including phenoxy) is 2. The molecule has 2 heterocycles. The first-order valence-electron chi connectivity index (χ1n) is 8.77.